The van der Waals surface area contributed by atoms with Crippen molar-refractivity contribution in [1.29, 1.82) is 0 Å². The first-order valence-corrected chi connectivity index (χ1v) is 17.1. The van der Waals surface area contributed by atoms with Crippen LogP contribution in [0.5, 0.6) is 0 Å². The number of thioether (sulfide) groups is 1. The number of anilines is 1. The van der Waals surface area contributed by atoms with E-state index in [1.54, 1.807) is 46.2 Å². The summed E-state index contributed by atoms with van der Waals surface area (Å²) in [5, 5.41) is 8.75. The van der Waals surface area contributed by atoms with Gasteiger partial charge in [-0.2, -0.15) is 4.41 Å². The van der Waals surface area contributed by atoms with Crippen LogP contribution in [0.2, 0.25) is 0 Å². The second kappa shape index (κ2) is 17.3. The van der Waals surface area contributed by atoms with Crippen LogP contribution in [0.25, 0.3) is 10.2 Å². The van der Waals surface area contributed by atoms with Crippen molar-refractivity contribution in [3.8, 4) is 0 Å². The maximum absolute atomic E-state index is 5.27. The summed E-state index contributed by atoms with van der Waals surface area (Å²) in [7, 11) is 0. The summed E-state index contributed by atoms with van der Waals surface area (Å²) in [6.45, 7) is 1.33. The van der Waals surface area contributed by atoms with Crippen molar-refractivity contribution in [3.63, 3.8) is 0 Å². The van der Waals surface area contributed by atoms with Gasteiger partial charge < -0.3 is 20.9 Å². The number of hydrogen-bond donors (Lipinski definition) is 5. The topological polar surface area (TPSA) is 106 Å². The highest BCUT2D eigenvalue weighted by atomic mass is 32.2. The molecule has 0 spiro atoms. The molecule has 4 aliphatic heterocycles. The fraction of sp³-hybridized carbons (Fsp3) is 0.148. The number of hydrogen-bond acceptors (Lipinski definition) is 12. The van der Waals surface area contributed by atoms with Crippen molar-refractivity contribution in [1.82, 2.24) is 25.0 Å². The minimum Gasteiger partial charge on any atom is -0.355 e. The van der Waals surface area contributed by atoms with Crippen LogP contribution in [-0.4, -0.2) is 52.4 Å². The minimum atomic E-state index is 0.656. The summed E-state index contributed by atoms with van der Waals surface area (Å²) in [6, 6.07) is 18.5. The summed E-state index contributed by atoms with van der Waals surface area (Å²) in [5.74, 6) is 5.27. The van der Waals surface area contributed by atoms with Crippen LogP contribution in [0.4, 0.5) is 5.69 Å². The van der Waals surface area contributed by atoms with E-state index in [1.807, 2.05) is 18.2 Å². The van der Waals surface area contributed by atoms with Gasteiger partial charge in [0.05, 0.1) is 45.2 Å². The Morgan fingerprint density at radius 2 is 1.65 bits per heavy atom. The lowest BCUT2D eigenvalue weighted by Crippen LogP contribution is -2.24. The maximum atomic E-state index is 5.27. The zero-order valence-electron chi connectivity index (χ0n) is 22.4. The van der Waals surface area contributed by atoms with Gasteiger partial charge in [0.25, 0.3) is 0 Å². The molecule has 4 aromatic rings. The second-order valence-electron chi connectivity index (χ2n) is 8.70. The number of H-pyrrole nitrogens is 1. The highest BCUT2D eigenvalue weighted by Crippen LogP contribution is 2.32. The molecule has 0 amide bonds. The Kier molecular flexibility index (Phi) is 13.5. The third-order valence-electron chi connectivity index (χ3n) is 5.53. The van der Waals surface area contributed by atoms with Crippen molar-refractivity contribution >= 4 is 137 Å². The normalized spacial score (nSPS) is 15.7. The van der Waals surface area contributed by atoms with Gasteiger partial charge in [-0.25, -0.2) is 0 Å². The highest BCUT2D eigenvalue weighted by Gasteiger charge is 2.14. The van der Waals surface area contributed by atoms with Crippen LogP contribution in [0.1, 0.15) is 11.1 Å². The average molecular weight is 719 g/mol. The summed E-state index contributed by atoms with van der Waals surface area (Å²) < 4.78 is 5.37. The molecule has 1 fully saturated rings. The van der Waals surface area contributed by atoms with E-state index in [-0.39, 0.29) is 0 Å². The quantitative estimate of drug-likeness (QED) is 0.0767. The lowest BCUT2D eigenvalue weighted by molar-refractivity contribution is 0.507. The van der Waals surface area contributed by atoms with Gasteiger partial charge in [-0.1, -0.05) is 97.0 Å². The summed E-state index contributed by atoms with van der Waals surface area (Å²) in [6.07, 6.45) is 7.05. The zero-order valence-corrected chi connectivity index (χ0v) is 29.0. The first-order chi connectivity index (χ1) is 20.8. The smallest absolute Gasteiger partial charge is 0.159 e. The Morgan fingerprint density at radius 1 is 0.884 bits per heavy atom. The van der Waals surface area contributed by atoms with Gasteiger partial charge >= 0.3 is 0 Å². The van der Waals surface area contributed by atoms with Crippen molar-refractivity contribution in [2.24, 2.45) is 10.8 Å². The third kappa shape index (κ3) is 11.3. The molecule has 0 radical (unpaired) electrons. The van der Waals surface area contributed by atoms with Gasteiger partial charge in [0, 0.05) is 41.6 Å². The van der Waals surface area contributed by atoms with E-state index in [1.165, 1.54) is 38.4 Å². The molecule has 0 aliphatic carbocycles. The predicted molar refractivity (Wildman–Crippen MR) is 203 cm³/mol. The first kappa shape index (κ1) is 33.6. The third-order valence-corrected chi connectivity index (χ3v) is 9.66. The second-order valence-corrected chi connectivity index (χ2v) is 15.0. The van der Waals surface area contributed by atoms with E-state index in [2.05, 4.69) is 79.5 Å². The standard InChI is InChI=1S/C8H7NS.C8H6S2.C6H4N2S2.C3H4N2S.C2H5N3S2/c10-8-5-6-3-1-2-4-7(6)9-8;9-8-5-6-3-1-2-4-7(6)10-8;9-6-8-4-3-7-2-1-5(4)10-6;6-3-1-4-2-5-3;3-5-1-4-2(6)7-5/h1-4H,5H2,(H,9,10);1-4H,5H2;1-3H,(H,8,9);2H,1H2,(H,4,5,6);1,3H2,(H,4,6). The van der Waals surface area contributed by atoms with E-state index < -0.39 is 0 Å². The van der Waals surface area contributed by atoms with Crippen molar-refractivity contribution in [2.75, 3.05) is 18.5 Å². The number of benzene rings is 2. The van der Waals surface area contributed by atoms with Crippen LogP contribution < -0.4 is 21.8 Å². The molecule has 8 nitrogen and oxygen atoms in total. The van der Waals surface area contributed by atoms with E-state index >= 15 is 0 Å². The lowest BCUT2D eigenvalue weighted by Gasteiger charge is -1.96. The molecule has 2 aromatic carbocycles. The Balaban J connectivity index is 0.000000125. The highest BCUT2D eigenvalue weighted by molar-refractivity contribution is 8.23. The molecule has 0 saturated carbocycles. The SMILES string of the molecule is NN1CNC(=S)S1.S=C1CN=CN1.S=C1Cc2ccccc2N1.S=C1Cc2ccccc2S1.S=c1[nH]c2cnccc2s1. The van der Waals surface area contributed by atoms with Gasteiger partial charge in [0.1, 0.15) is 4.99 Å². The molecule has 222 valence electrons. The number of thiocarbonyl (C=S) groups is 4. The van der Waals surface area contributed by atoms with Crippen LogP contribution in [0.3, 0.4) is 0 Å². The number of aromatic amines is 1. The number of fused-ring (bicyclic) bond motifs is 3. The fourth-order valence-corrected chi connectivity index (χ4v) is 7.25. The van der Waals surface area contributed by atoms with Gasteiger partial charge in [-0.3, -0.25) is 15.8 Å². The van der Waals surface area contributed by atoms with Gasteiger partial charge in [-0.05, 0) is 41.5 Å². The molecular formula is C27H26N8S8. The average Bonchev–Trinajstić information content (AvgIpc) is 3.81. The van der Waals surface area contributed by atoms with Crippen molar-refractivity contribution < 1.29 is 0 Å². The van der Waals surface area contributed by atoms with Crippen LogP contribution >= 0.6 is 96.1 Å². The first-order valence-electron chi connectivity index (χ1n) is 12.6. The lowest BCUT2D eigenvalue weighted by atomic mass is 10.2. The zero-order chi connectivity index (χ0) is 30.6. The molecule has 0 unspecified atom stereocenters. The van der Waals surface area contributed by atoms with Gasteiger partial charge in [0.2, 0.25) is 0 Å². The molecule has 43 heavy (non-hydrogen) atoms. The van der Waals surface area contributed by atoms with Crippen LogP contribution in [0.15, 0.2) is 76.9 Å². The van der Waals surface area contributed by atoms with E-state index in [9.17, 15) is 0 Å². The Bertz CT molecular complexity index is 1540. The molecule has 2 aromatic heterocycles. The van der Waals surface area contributed by atoms with Gasteiger partial charge in [-0.15, -0.1) is 11.3 Å². The number of thiazole rings is 1. The van der Waals surface area contributed by atoms with Crippen LogP contribution in [-0.2, 0) is 12.8 Å². The van der Waals surface area contributed by atoms with Crippen molar-refractivity contribution in [3.05, 3.63) is 82.1 Å². The summed E-state index contributed by atoms with van der Waals surface area (Å²) >= 11 is 29.1. The summed E-state index contributed by atoms with van der Waals surface area (Å²) in [4.78, 5) is 13.9. The largest absolute Gasteiger partial charge is 0.355 e. The maximum Gasteiger partial charge on any atom is 0.159 e. The minimum absolute atomic E-state index is 0.656. The van der Waals surface area contributed by atoms with Crippen molar-refractivity contribution in [2.45, 2.75) is 17.7 Å². The molecular weight excluding hydrogens is 693 g/mol. The van der Waals surface area contributed by atoms with E-state index in [0.717, 1.165) is 40.8 Å². The number of rotatable bonds is 0. The molecule has 16 heteroatoms. The van der Waals surface area contributed by atoms with E-state index in [0.29, 0.717) is 13.2 Å². The fourth-order valence-electron chi connectivity index (χ4n) is 3.63. The predicted octanol–water partition coefficient (Wildman–Crippen LogP) is 6.60. The number of pyridine rings is 1. The number of hydrazine groups is 1. The molecule has 6 heterocycles. The molecule has 1 saturated heterocycles. The Hall–Kier alpha value is -2.25. The number of nitrogens with zero attached hydrogens (tertiary/aromatic N) is 3. The Morgan fingerprint density at radius 3 is 2.23 bits per heavy atom. The molecule has 0 bridgehead atoms. The number of nitrogens with one attached hydrogen (secondary N) is 4. The van der Waals surface area contributed by atoms with Gasteiger partial charge in [0.15, 0.2) is 8.27 Å². The summed E-state index contributed by atoms with van der Waals surface area (Å²) in [5.41, 5.74) is 4.90. The van der Waals surface area contributed by atoms with E-state index in [4.69, 9.17) is 54.7 Å². The molecule has 6 N–H and O–H groups in total. The Labute approximate surface area is 288 Å². The van der Waals surface area contributed by atoms with Crippen LogP contribution in [0, 0.1) is 3.95 Å². The molecule has 8 rings (SSSR count). The number of aliphatic imine (C=N–C) groups is 1. The number of para-hydroxylation sites is 1. The number of aromatic nitrogens is 2. The molecule has 0 atom stereocenters. The number of nitrogens with two attached hydrogens (primary N) is 1. The molecule has 4 aliphatic rings. The monoisotopic (exact) mass is 718 g/mol.